The number of nitrogens with one attached hydrogen (secondary N) is 2. The Hall–Kier alpha value is -2.34. The Morgan fingerprint density at radius 2 is 1.62 bits per heavy atom. The van der Waals surface area contributed by atoms with Gasteiger partial charge in [-0.3, -0.25) is 9.59 Å². The number of aromatic hydroxyl groups is 1. The minimum absolute atomic E-state index is 0.102. The Labute approximate surface area is 130 Å². The molecule has 0 spiro atoms. The summed E-state index contributed by atoms with van der Waals surface area (Å²) in [6.07, 6.45) is 0. The van der Waals surface area contributed by atoms with E-state index in [0.717, 1.165) is 4.47 Å². The minimum atomic E-state index is -0.772. The molecule has 3 N–H and O–H groups in total. The van der Waals surface area contributed by atoms with Crippen LogP contribution in [-0.4, -0.2) is 16.9 Å². The van der Waals surface area contributed by atoms with Crippen molar-refractivity contribution in [2.75, 3.05) is 10.6 Å². The van der Waals surface area contributed by atoms with E-state index in [0.29, 0.717) is 16.9 Å². The maximum absolute atomic E-state index is 11.8. The Morgan fingerprint density at radius 1 is 1.00 bits per heavy atom. The third kappa shape index (κ3) is 4.06. The smallest absolute Gasteiger partial charge is 0.314 e. The number of phenolic OH excluding ortho intramolecular Hbond substituents is 1. The molecule has 0 heterocycles. The molecule has 0 aromatic heterocycles. The van der Waals surface area contributed by atoms with Crippen molar-refractivity contribution in [2.45, 2.75) is 6.92 Å². The van der Waals surface area contributed by atoms with Gasteiger partial charge in [-0.25, -0.2) is 0 Å². The van der Waals surface area contributed by atoms with Crippen molar-refractivity contribution in [3.05, 3.63) is 52.5 Å². The first kappa shape index (κ1) is 15.1. The number of phenols is 1. The zero-order valence-corrected chi connectivity index (χ0v) is 12.8. The van der Waals surface area contributed by atoms with Gasteiger partial charge in [0.2, 0.25) is 0 Å². The van der Waals surface area contributed by atoms with Gasteiger partial charge in [0.25, 0.3) is 0 Å². The maximum Gasteiger partial charge on any atom is 0.314 e. The van der Waals surface area contributed by atoms with Gasteiger partial charge < -0.3 is 15.7 Å². The molecular formula is C15H13BrN2O3. The van der Waals surface area contributed by atoms with Gasteiger partial charge >= 0.3 is 11.8 Å². The fourth-order valence-corrected chi connectivity index (χ4v) is 1.95. The lowest BCUT2D eigenvalue weighted by atomic mass is 10.2. The van der Waals surface area contributed by atoms with Crippen LogP contribution in [0.2, 0.25) is 0 Å². The summed E-state index contributed by atoms with van der Waals surface area (Å²) < 4.78 is 0.879. The van der Waals surface area contributed by atoms with Gasteiger partial charge in [0, 0.05) is 15.8 Å². The van der Waals surface area contributed by atoms with E-state index < -0.39 is 11.8 Å². The standard InChI is InChI=1S/C15H13BrN2O3/c1-9-8-12(19)6-7-13(9)18-15(21)14(20)17-11-4-2-10(16)3-5-11/h2-8,19H,1H3,(H,17,20)(H,18,21). The predicted octanol–water partition coefficient (Wildman–Crippen LogP) is 3.04. The van der Waals surface area contributed by atoms with E-state index in [1.165, 1.54) is 18.2 Å². The first-order chi connectivity index (χ1) is 9.95. The average molecular weight is 349 g/mol. The molecule has 0 saturated heterocycles. The number of rotatable bonds is 2. The van der Waals surface area contributed by atoms with E-state index in [-0.39, 0.29) is 5.75 Å². The van der Waals surface area contributed by atoms with Crippen molar-refractivity contribution < 1.29 is 14.7 Å². The van der Waals surface area contributed by atoms with Crippen LogP contribution in [0.5, 0.6) is 5.75 Å². The van der Waals surface area contributed by atoms with Crippen molar-refractivity contribution in [3.63, 3.8) is 0 Å². The third-order valence-corrected chi connectivity index (χ3v) is 3.30. The number of anilines is 2. The summed E-state index contributed by atoms with van der Waals surface area (Å²) in [7, 11) is 0. The molecule has 0 saturated carbocycles. The first-order valence-corrected chi connectivity index (χ1v) is 6.92. The van der Waals surface area contributed by atoms with Crippen molar-refractivity contribution in [1.29, 1.82) is 0 Å². The number of benzene rings is 2. The number of amides is 2. The highest BCUT2D eigenvalue weighted by atomic mass is 79.9. The molecule has 0 fully saturated rings. The van der Waals surface area contributed by atoms with Crippen LogP contribution in [0.4, 0.5) is 11.4 Å². The lowest BCUT2D eigenvalue weighted by Crippen LogP contribution is -2.29. The van der Waals surface area contributed by atoms with Crippen molar-refractivity contribution in [3.8, 4) is 5.75 Å². The highest BCUT2D eigenvalue weighted by Gasteiger charge is 2.15. The molecule has 0 aliphatic heterocycles. The number of aryl methyl sites for hydroxylation is 1. The molecule has 2 rings (SSSR count). The molecule has 0 aliphatic rings. The summed E-state index contributed by atoms with van der Waals surface area (Å²) in [5.41, 5.74) is 1.67. The number of hydrogen-bond acceptors (Lipinski definition) is 3. The minimum Gasteiger partial charge on any atom is -0.508 e. The molecule has 5 nitrogen and oxygen atoms in total. The lowest BCUT2D eigenvalue weighted by molar-refractivity contribution is -0.133. The van der Waals surface area contributed by atoms with E-state index in [9.17, 15) is 14.7 Å². The summed E-state index contributed by atoms with van der Waals surface area (Å²) in [6, 6.07) is 11.4. The van der Waals surface area contributed by atoms with Crippen LogP contribution in [0, 0.1) is 6.92 Å². The van der Waals surface area contributed by atoms with E-state index in [2.05, 4.69) is 26.6 Å². The Kier molecular flexibility index (Phi) is 4.59. The normalized spacial score (nSPS) is 10.0. The number of halogens is 1. The second-order valence-corrected chi connectivity index (χ2v) is 5.33. The van der Waals surface area contributed by atoms with Crippen molar-refractivity contribution in [1.82, 2.24) is 0 Å². The summed E-state index contributed by atoms with van der Waals surface area (Å²) in [5.74, 6) is -1.43. The summed E-state index contributed by atoms with van der Waals surface area (Å²) >= 11 is 3.29. The van der Waals surface area contributed by atoms with Gasteiger partial charge in [0.05, 0.1) is 0 Å². The molecule has 0 bridgehead atoms. The van der Waals surface area contributed by atoms with Gasteiger partial charge in [0.1, 0.15) is 5.75 Å². The van der Waals surface area contributed by atoms with Crippen LogP contribution in [-0.2, 0) is 9.59 Å². The predicted molar refractivity (Wildman–Crippen MR) is 84.2 cm³/mol. The molecular weight excluding hydrogens is 336 g/mol. The zero-order chi connectivity index (χ0) is 15.4. The average Bonchev–Trinajstić information content (AvgIpc) is 2.44. The summed E-state index contributed by atoms with van der Waals surface area (Å²) in [5, 5.41) is 14.3. The number of carbonyl (C=O) groups is 2. The fraction of sp³-hybridized carbons (Fsp3) is 0.0667. The van der Waals surface area contributed by atoms with Crippen LogP contribution in [0.1, 0.15) is 5.56 Å². The topological polar surface area (TPSA) is 78.4 Å². The summed E-state index contributed by atoms with van der Waals surface area (Å²) in [6.45, 7) is 1.72. The number of hydrogen-bond donors (Lipinski definition) is 3. The summed E-state index contributed by atoms with van der Waals surface area (Å²) in [4.78, 5) is 23.6. The molecule has 21 heavy (non-hydrogen) atoms. The molecule has 2 amide bonds. The SMILES string of the molecule is Cc1cc(O)ccc1NC(=O)C(=O)Nc1ccc(Br)cc1. The highest BCUT2D eigenvalue weighted by Crippen LogP contribution is 2.20. The molecule has 2 aromatic rings. The van der Waals surface area contributed by atoms with Crippen LogP contribution in [0.25, 0.3) is 0 Å². The van der Waals surface area contributed by atoms with Crippen LogP contribution >= 0.6 is 15.9 Å². The molecule has 0 atom stereocenters. The van der Waals surface area contributed by atoms with Crippen LogP contribution < -0.4 is 10.6 Å². The second-order valence-electron chi connectivity index (χ2n) is 4.41. The van der Waals surface area contributed by atoms with Crippen LogP contribution in [0.3, 0.4) is 0 Å². The molecule has 6 heteroatoms. The molecule has 0 radical (unpaired) electrons. The maximum atomic E-state index is 11.8. The molecule has 2 aromatic carbocycles. The first-order valence-electron chi connectivity index (χ1n) is 6.13. The fourth-order valence-electron chi connectivity index (χ4n) is 1.69. The largest absolute Gasteiger partial charge is 0.508 e. The molecule has 0 aliphatic carbocycles. The van der Waals surface area contributed by atoms with E-state index in [4.69, 9.17) is 0 Å². The van der Waals surface area contributed by atoms with Gasteiger partial charge in [-0.15, -0.1) is 0 Å². The van der Waals surface area contributed by atoms with Gasteiger partial charge in [0.15, 0.2) is 0 Å². The lowest BCUT2D eigenvalue weighted by Gasteiger charge is -2.09. The number of carbonyl (C=O) groups excluding carboxylic acids is 2. The molecule has 0 unspecified atom stereocenters. The van der Waals surface area contributed by atoms with Gasteiger partial charge in [-0.1, -0.05) is 15.9 Å². The van der Waals surface area contributed by atoms with E-state index in [1.54, 1.807) is 31.2 Å². The monoisotopic (exact) mass is 348 g/mol. The quantitative estimate of drug-likeness (QED) is 0.576. The zero-order valence-electron chi connectivity index (χ0n) is 11.2. The van der Waals surface area contributed by atoms with Crippen molar-refractivity contribution in [2.24, 2.45) is 0 Å². The van der Waals surface area contributed by atoms with Crippen molar-refractivity contribution >= 4 is 39.1 Å². The second kappa shape index (κ2) is 6.41. The van der Waals surface area contributed by atoms with Gasteiger partial charge in [-0.2, -0.15) is 0 Å². The molecule has 108 valence electrons. The Bertz CT molecular complexity index is 684. The van der Waals surface area contributed by atoms with E-state index >= 15 is 0 Å². The third-order valence-electron chi connectivity index (χ3n) is 2.77. The van der Waals surface area contributed by atoms with Gasteiger partial charge in [-0.05, 0) is 55.0 Å². The van der Waals surface area contributed by atoms with Crippen LogP contribution in [0.15, 0.2) is 46.9 Å². The Balaban J connectivity index is 2.02. The van der Waals surface area contributed by atoms with E-state index in [1.807, 2.05) is 0 Å². The highest BCUT2D eigenvalue weighted by molar-refractivity contribution is 9.10. The Morgan fingerprint density at radius 3 is 2.24 bits per heavy atom.